The van der Waals surface area contributed by atoms with Gasteiger partial charge in [-0.2, -0.15) is 0 Å². The summed E-state index contributed by atoms with van der Waals surface area (Å²) >= 11 is 3.60. The van der Waals surface area contributed by atoms with Gasteiger partial charge in [0.25, 0.3) is 0 Å². The number of hydrogen-bond acceptors (Lipinski definition) is 0. The van der Waals surface area contributed by atoms with Gasteiger partial charge in [0.2, 0.25) is 0 Å². The second-order valence-electron chi connectivity index (χ2n) is 3.54. The standard InChI is InChI=1S/C9H17Br/c1-8(2)6-5-7-9(3,4)10/h6H,5,7H2,1-4H3. The molecule has 10 heavy (non-hydrogen) atoms. The number of rotatable bonds is 3. The van der Waals surface area contributed by atoms with Gasteiger partial charge in [0.1, 0.15) is 0 Å². The fourth-order valence-electron chi connectivity index (χ4n) is 0.704. The molecule has 0 bridgehead atoms. The van der Waals surface area contributed by atoms with Crippen LogP contribution in [0.3, 0.4) is 0 Å². The first-order chi connectivity index (χ1) is 4.42. The summed E-state index contributed by atoms with van der Waals surface area (Å²) in [5.74, 6) is 0. The number of halogens is 1. The molecule has 60 valence electrons. The summed E-state index contributed by atoms with van der Waals surface area (Å²) in [7, 11) is 0. The minimum atomic E-state index is 0.305. The minimum Gasteiger partial charge on any atom is -0.0859 e. The van der Waals surface area contributed by atoms with Gasteiger partial charge in [0, 0.05) is 4.32 Å². The van der Waals surface area contributed by atoms with Crippen molar-refractivity contribution in [3.05, 3.63) is 11.6 Å². The Morgan fingerprint density at radius 2 is 1.90 bits per heavy atom. The molecular weight excluding hydrogens is 188 g/mol. The highest BCUT2D eigenvalue weighted by molar-refractivity contribution is 9.10. The molecule has 0 spiro atoms. The number of alkyl halides is 1. The van der Waals surface area contributed by atoms with Crippen LogP contribution in [-0.4, -0.2) is 4.32 Å². The predicted molar refractivity (Wildman–Crippen MR) is 51.7 cm³/mol. The zero-order chi connectivity index (χ0) is 8.20. The van der Waals surface area contributed by atoms with Crippen LogP contribution in [0.1, 0.15) is 40.5 Å². The molecule has 0 saturated carbocycles. The zero-order valence-corrected chi connectivity index (χ0v) is 8.96. The van der Waals surface area contributed by atoms with Crippen molar-refractivity contribution < 1.29 is 0 Å². The molecule has 0 fully saturated rings. The summed E-state index contributed by atoms with van der Waals surface area (Å²) in [5.41, 5.74) is 1.41. The van der Waals surface area contributed by atoms with E-state index in [0.717, 1.165) is 0 Å². The van der Waals surface area contributed by atoms with Crippen molar-refractivity contribution in [1.29, 1.82) is 0 Å². The molecule has 0 aliphatic rings. The normalized spacial score (nSPS) is 11.3. The molecule has 0 nitrogen and oxygen atoms in total. The summed E-state index contributed by atoms with van der Waals surface area (Å²) in [6.45, 7) is 8.68. The number of hydrogen-bond donors (Lipinski definition) is 0. The molecule has 0 radical (unpaired) electrons. The highest BCUT2D eigenvalue weighted by atomic mass is 79.9. The first kappa shape index (κ1) is 10.2. The Labute approximate surface area is 72.8 Å². The van der Waals surface area contributed by atoms with E-state index in [-0.39, 0.29) is 0 Å². The highest BCUT2D eigenvalue weighted by Gasteiger charge is 2.09. The third-order valence-electron chi connectivity index (χ3n) is 1.29. The molecule has 0 unspecified atom stereocenters. The smallest absolute Gasteiger partial charge is 0.0204 e. The van der Waals surface area contributed by atoms with E-state index >= 15 is 0 Å². The summed E-state index contributed by atoms with van der Waals surface area (Å²) in [5, 5.41) is 0. The van der Waals surface area contributed by atoms with Crippen LogP contribution in [0.5, 0.6) is 0 Å². The van der Waals surface area contributed by atoms with Crippen molar-refractivity contribution in [1.82, 2.24) is 0 Å². The average molecular weight is 205 g/mol. The molecule has 0 aromatic carbocycles. The molecule has 0 aliphatic carbocycles. The first-order valence-corrected chi connectivity index (χ1v) is 4.53. The molecule has 0 amide bonds. The second kappa shape index (κ2) is 4.17. The van der Waals surface area contributed by atoms with E-state index in [0.29, 0.717) is 4.32 Å². The number of allylic oxidation sites excluding steroid dienone is 2. The van der Waals surface area contributed by atoms with Gasteiger partial charge in [-0.15, -0.1) is 0 Å². The Bertz CT molecular complexity index is 113. The van der Waals surface area contributed by atoms with Crippen LogP contribution >= 0.6 is 15.9 Å². The van der Waals surface area contributed by atoms with E-state index in [1.807, 2.05) is 0 Å². The molecule has 0 aliphatic heterocycles. The van der Waals surface area contributed by atoms with Gasteiger partial charge in [-0.3, -0.25) is 0 Å². The first-order valence-electron chi connectivity index (χ1n) is 3.74. The molecule has 0 aromatic rings. The van der Waals surface area contributed by atoms with E-state index < -0.39 is 0 Å². The van der Waals surface area contributed by atoms with E-state index in [1.165, 1.54) is 18.4 Å². The maximum Gasteiger partial charge on any atom is 0.0204 e. The molecule has 0 aromatic heterocycles. The lowest BCUT2D eigenvalue weighted by atomic mass is 10.1. The van der Waals surface area contributed by atoms with Crippen LogP contribution in [0, 0.1) is 0 Å². The van der Waals surface area contributed by atoms with Gasteiger partial charge in [0.15, 0.2) is 0 Å². The van der Waals surface area contributed by atoms with Crippen molar-refractivity contribution in [2.75, 3.05) is 0 Å². The summed E-state index contributed by atoms with van der Waals surface area (Å²) in [6, 6.07) is 0. The lowest BCUT2D eigenvalue weighted by Gasteiger charge is -2.13. The zero-order valence-electron chi connectivity index (χ0n) is 7.37. The van der Waals surface area contributed by atoms with Crippen LogP contribution in [0.25, 0.3) is 0 Å². The van der Waals surface area contributed by atoms with E-state index in [1.54, 1.807) is 0 Å². The Kier molecular flexibility index (Phi) is 4.26. The maximum atomic E-state index is 3.60. The van der Waals surface area contributed by atoms with Crippen molar-refractivity contribution in [3.63, 3.8) is 0 Å². The molecule has 0 N–H and O–H groups in total. The van der Waals surface area contributed by atoms with Crippen LogP contribution in [-0.2, 0) is 0 Å². The molecule has 0 rings (SSSR count). The molecule has 0 atom stereocenters. The fraction of sp³-hybridized carbons (Fsp3) is 0.778. The molecule has 0 heterocycles. The highest BCUT2D eigenvalue weighted by Crippen LogP contribution is 2.22. The maximum absolute atomic E-state index is 3.60. The van der Waals surface area contributed by atoms with Crippen LogP contribution in [0.15, 0.2) is 11.6 Å². The Morgan fingerprint density at radius 3 is 2.20 bits per heavy atom. The van der Waals surface area contributed by atoms with Crippen molar-refractivity contribution in [2.24, 2.45) is 0 Å². The van der Waals surface area contributed by atoms with Crippen LogP contribution < -0.4 is 0 Å². The largest absolute Gasteiger partial charge is 0.0859 e. The Hall–Kier alpha value is 0.220. The quantitative estimate of drug-likeness (QED) is 0.484. The molecule has 1 heteroatoms. The molecule has 0 saturated heterocycles. The summed E-state index contributed by atoms with van der Waals surface area (Å²) in [4.78, 5) is 0. The van der Waals surface area contributed by atoms with E-state index in [2.05, 4.69) is 49.7 Å². The third kappa shape index (κ3) is 8.22. The van der Waals surface area contributed by atoms with E-state index in [4.69, 9.17) is 0 Å². The van der Waals surface area contributed by atoms with Gasteiger partial charge < -0.3 is 0 Å². The lowest BCUT2D eigenvalue weighted by Crippen LogP contribution is -2.07. The van der Waals surface area contributed by atoms with Gasteiger partial charge in [-0.05, 0) is 26.7 Å². The Morgan fingerprint density at radius 1 is 1.40 bits per heavy atom. The summed E-state index contributed by atoms with van der Waals surface area (Å²) in [6.07, 6.45) is 4.67. The van der Waals surface area contributed by atoms with Gasteiger partial charge in [0.05, 0.1) is 0 Å². The second-order valence-corrected chi connectivity index (χ2v) is 5.69. The van der Waals surface area contributed by atoms with Crippen LogP contribution in [0.4, 0.5) is 0 Å². The van der Waals surface area contributed by atoms with Crippen molar-refractivity contribution in [2.45, 2.75) is 44.9 Å². The Balaban J connectivity index is 3.47. The van der Waals surface area contributed by atoms with Gasteiger partial charge in [-0.25, -0.2) is 0 Å². The fourth-order valence-corrected chi connectivity index (χ4v) is 0.933. The van der Waals surface area contributed by atoms with Crippen molar-refractivity contribution >= 4 is 15.9 Å². The van der Waals surface area contributed by atoms with E-state index in [9.17, 15) is 0 Å². The third-order valence-corrected chi connectivity index (χ3v) is 1.69. The minimum absolute atomic E-state index is 0.305. The van der Waals surface area contributed by atoms with Gasteiger partial charge in [-0.1, -0.05) is 41.4 Å². The van der Waals surface area contributed by atoms with Gasteiger partial charge >= 0.3 is 0 Å². The lowest BCUT2D eigenvalue weighted by molar-refractivity contribution is 0.661. The molecular formula is C9H17Br. The van der Waals surface area contributed by atoms with Crippen LogP contribution in [0.2, 0.25) is 0 Å². The van der Waals surface area contributed by atoms with Crippen molar-refractivity contribution in [3.8, 4) is 0 Å². The monoisotopic (exact) mass is 204 g/mol. The average Bonchev–Trinajstić information content (AvgIpc) is 1.59. The SMILES string of the molecule is CC(C)=CCCC(C)(C)Br. The summed E-state index contributed by atoms with van der Waals surface area (Å²) < 4.78 is 0.305. The topological polar surface area (TPSA) is 0 Å². The predicted octanol–water partition coefficient (Wildman–Crippen LogP) is 3.91.